The average molecular weight is 312 g/mol. The summed E-state index contributed by atoms with van der Waals surface area (Å²) in [5, 5.41) is 9.30. The molecule has 1 aromatic carbocycles. The number of rotatable bonds is 4. The first-order valence-corrected chi connectivity index (χ1v) is 6.82. The minimum Gasteiger partial charge on any atom is -0.360 e. The summed E-state index contributed by atoms with van der Waals surface area (Å²) in [5.41, 5.74) is 1.48. The summed E-state index contributed by atoms with van der Waals surface area (Å²) in [7, 11) is 0. The standard InChI is InChI=1S/C16H13FN4O2/c1-10-5-15(21-23-10)20-16(22)11-6-14(9-18-8-11)19-13-4-2-3-12(17)7-13/h2-9,19H,1H3,(H,20,21,22). The monoisotopic (exact) mass is 312 g/mol. The van der Waals surface area contributed by atoms with E-state index in [0.717, 1.165) is 0 Å². The molecule has 0 saturated heterocycles. The van der Waals surface area contributed by atoms with Gasteiger partial charge < -0.3 is 15.2 Å². The molecular formula is C16H13FN4O2. The molecule has 0 aliphatic heterocycles. The van der Waals surface area contributed by atoms with Gasteiger partial charge in [-0.1, -0.05) is 11.2 Å². The van der Waals surface area contributed by atoms with E-state index in [2.05, 4.69) is 20.8 Å². The lowest BCUT2D eigenvalue weighted by Crippen LogP contribution is -2.12. The molecule has 0 radical (unpaired) electrons. The van der Waals surface area contributed by atoms with Gasteiger partial charge in [-0.2, -0.15) is 0 Å². The second-order valence-corrected chi connectivity index (χ2v) is 4.87. The van der Waals surface area contributed by atoms with E-state index in [0.29, 0.717) is 28.5 Å². The van der Waals surface area contributed by atoms with Crippen molar-refractivity contribution in [1.29, 1.82) is 0 Å². The molecule has 116 valence electrons. The van der Waals surface area contributed by atoms with Gasteiger partial charge in [0.25, 0.3) is 5.91 Å². The summed E-state index contributed by atoms with van der Waals surface area (Å²) in [5.74, 6) is 0.211. The quantitative estimate of drug-likeness (QED) is 0.770. The van der Waals surface area contributed by atoms with Crippen molar-refractivity contribution in [2.75, 3.05) is 10.6 Å². The predicted octanol–water partition coefficient (Wildman–Crippen LogP) is 3.51. The number of aromatic nitrogens is 2. The highest BCUT2D eigenvalue weighted by Crippen LogP contribution is 2.18. The zero-order valence-electron chi connectivity index (χ0n) is 12.2. The molecule has 0 aliphatic carbocycles. The van der Waals surface area contributed by atoms with Crippen LogP contribution in [0, 0.1) is 12.7 Å². The normalized spacial score (nSPS) is 10.3. The van der Waals surface area contributed by atoms with Gasteiger partial charge in [0.15, 0.2) is 5.82 Å². The first-order valence-electron chi connectivity index (χ1n) is 6.82. The van der Waals surface area contributed by atoms with E-state index >= 15 is 0 Å². The second kappa shape index (κ2) is 6.27. The maximum Gasteiger partial charge on any atom is 0.258 e. The van der Waals surface area contributed by atoms with Crippen molar-refractivity contribution in [3.63, 3.8) is 0 Å². The fourth-order valence-electron chi connectivity index (χ4n) is 1.98. The number of carbonyl (C=O) groups excluding carboxylic acids is 1. The minimum absolute atomic E-state index is 0.330. The lowest BCUT2D eigenvalue weighted by molar-refractivity contribution is 0.102. The van der Waals surface area contributed by atoms with Gasteiger partial charge in [-0.25, -0.2) is 4.39 Å². The Morgan fingerprint density at radius 2 is 2.04 bits per heavy atom. The molecule has 0 fully saturated rings. The summed E-state index contributed by atoms with van der Waals surface area (Å²) in [4.78, 5) is 16.2. The smallest absolute Gasteiger partial charge is 0.258 e. The molecule has 2 N–H and O–H groups in total. The number of nitrogens with one attached hydrogen (secondary N) is 2. The Hall–Kier alpha value is -3.22. The van der Waals surface area contributed by atoms with Crippen LogP contribution in [0.1, 0.15) is 16.1 Å². The summed E-state index contributed by atoms with van der Waals surface area (Å²) in [6.07, 6.45) is 2.97. The molecule has 1 amide bonds. The first kappa shape index (κ1) is 14.7. The molecule has 0 unspecified atom stereocenters. The van der Waals surface area contributed by atoms with Gasteiger partial charge in [-0.15, -0.1) is 0 Å². The van der Waals surface area contributed by atoms with Gasteiger partial charge in [0.2, 0.25) is 0 Å². The summed E-state index contributed by atoms with van der Waals surface area (Å²) in [6, 6.07) is 9.24. The molecule has 7 heteroatoms. The number of nitrogens with zero attached hydrogens (tertiary/aromatic N) is 2. The van der Waals surface area contributed by atoms with Crippen molar-refractivity contribution in [3.05, 3.63) is 65.9 Å². The molecule has 0 spiro atoms. The molecule has 2 heterocycles. The molecule has 0 atom stereocenters. The third-order valence-electron chi connectivity index (χ3n) is 2.98. The number of pyridine rings is 1. The van der Waals surface area contributed by atoms with E-state index in [9.17, 15) is 9.18 Å². The molecule has 0 saturated carbocycles. The van der Waals surface area contributed by atoms with Crippen LogP contribution in [0.3, 0.4) is 0 Å². The Labute approximate surface area is 131 Å². The Morgan fingerprint density at radius 3 is 2.78 bits per heavy atom. The lowest BCUT2D eigenvalue weighted by atomic mass is 10.2. The topological polar surface area (TPSA) is 80.0 Å². The van der Waals surface area contributed by atoms with Crippen molar-refractivity contribution in [1.82, 2.24) is 10.1 Å². The Bertz CT molecular complexity index is 847. The Kier molecular flexibility index (Phi) is 4.01. The second-order valence-electron chi connectivity index (χ2n) is 4.87. The van der Waals surface area contributed by atoms with Gasteiger partial charge in [-0.3, -0.25) is 9.78 Å². The first-order chi connectivity index (χ1) is 11.1. The number of aryl methyl sites for hydroxylation is 1. The summed E-state index contributed by atoms with van der Waals surface area (Å²) >= 11 is 0. The highest BCUT2D eigenvalue weighted by atomic mass is 19.1. The SMILES string of the molecule is Cc1cc(NC(=O)c2cncc(Nc3cccc(F)c3)c2)no1. The largest absolute Gasteiger partial charge is 0.360 e. The fraction of sp³-hybridized carbons (Fsp3) is 0.0625. The Morgan fingerprint density at radius 1 is 1.17 bits per heavy atom. The van der Waals surface area contributed by atoms with Crippen molar-refractivity contribution < 1.29 is 13.7 Å². The van der Waals surface area contributed by atoms with Crippen molar-refractivity contribution in [2.24, 2.45) is 0 Å². The van der Waals surface area contributed by atoms with Crippen LogP contribution >= 0.6 is 0 Å². The van der Waals surface area contributed by atoms with Crippen LogP contribution in [0.4, 0.5) is 21.6 Å². The van der Waals surface area contributed by atoms with E-state index in [4.69, 9.17) is 4.52 Å². The highest BCUT2D eigenvalue weighted by molar-refractivity contribution is 6.04. The van der Waals surface area contributed by atoms with E-state index in [1.165, 1.54) is 18.3 Å². The molecule has 3 aromatic rings. The number of carbonyl (C=O) groups is 1. The van der Waals surface area contributed by atoms with Gasteiger partial charge in [-0.05, 0) is 31.2 Å². The van der Waals surface area contributed by atoms with Crippen LogP contribution in [0.15, 0.2) is 53.3 Å². The number of anilines is 3. The van der Waals surface area contributed by atoms with Crippen LogP contribution < -0.4 is 10.6 Å². The highest BCUT2D eigenvalue weighted by Gasteiger charge is 2.10. The van der Waals surface area contributed by atoms with Crippen LogP contribution in [-0.2, 0) is 0 Å². The number of halogens is 1. The van der Waals surface area contributed by atoms with Gasteiger partial charge >= 0.3 is 0 Å². The third kappa shape index (κ3) is 3.70. The van der Waals surface area contributed by atoms with E-state index in [1.54, 1.807) is 37.4 Å². The van der Waals surface area contributed by atoms with Crippen molar-refractivity contribution in [3.8, 4) is 0 Å². The fourth-order valence-corrected chi connectivity index (χ4v) is 1.98. The van der Waals surface area contributed by atoms with Crippen LogP contribution in [0.25, 0.3) is 0 Å². The third-order valence-corrected chi connectivity index (χ3v) is 2.98. The van der Waals surface area contributed by atoms with Crippen LogP contribution in [0.5, 0.6) is 0 Å². The zero-order valence-corrected chi connectivity index (χ0v) is 12.2. The van der Waals surface area contributed by atoms with Crippen LogP contribution in [-0.4, -0.2) is 16.0 Å². The van der Waals surface area contributed by atoms with E-state index in [-0.39, 0.29) is 11.7 Å². The van der Waals surface area contributed by atoms with E-state index in [1.807, 2.05) is 0 Å². The van der Waals surface area contributed by atoms with Gasteiger partial charge in [0.05, 0.1) is 17.4 Å². The lowest BCUT2D eigenvalue weighted by Gasteiger charge is -2.07. The molecule has 0 aliphatic rings. The van der Waals surface area contributed by atoms with Gasteiger partial charge in [0, 0.05) is 18.0 Å². The van der Waals surface area contributed by atoms with Gasteiger partial charge in [0.1, 0.15) is 11.6 Å². The maximum atomic E-state index is 13.2. The summed E-state index contributed by atoms with van der Waals surface area (Å²) < 4.78 is 18.1. The van der Waals surface area contributed by atoms with Crippen molar-refractivity contribution in [2.45, 2.75) is 6.92 Å². The average Bonchev–Trinajstić information content (AvgIpc) is 2.92. The maximum absolute atomic E-state index is 13.2. The zero-order chi connectivity index (χ0) is 16.2. The Balaban J connectivity index is 1.75. The minimum atomic E-state index is -0.367. The molecule has 3 rings (SSSR count). The van der Waals surface area contributed by atoms with Crippen LogP contribution in [0.2, 0.25) is 0 Å². The summed E-state index contributed by atoms with van der Waals surface area (Å²) in [6.45, 7) is 1.73. The molecule has 23 heavy (non-hydrogen) atoms. The molecular weight excluding hydrogens is 299 g/mol. The number of hydrogen-bond acceptors (Lipinski definition) is 5. The predicted molar refractivity (Wildman–Crippen MR) is 83.1 cm³/mol. The molecule has 0 bridgehead atoms. The number of amides is 1. The molecule has 6 nitrogen and oxygen atoms in total. The molecule has 2 aromatic heterocycles. The number of benzene rings is 1. The number of hydrogen-bond donors (Lipinski definition) is 2. The van der Waals surface area contributed by atoms with Crippen molar-refractivity contribution >= 4 is 23.1 Å². The van der Waals surface area contributed by atoms with E-state index < -0.39 is 0 Å².